The van der Waals surface area contributed by atoms with Crippen LogP contribution in [0.5, 0.6) is 0 Å². The van der Waals surface area contributed by atoms with Crippen molar-refractivity contribution in [3.63, 3.8) is 0 Å². The first-order chi connectivity index (χ1) is 15.0. The first-order valence-electron chi connectivity index (χ1n) is 11.9. The number of hydrogen-bond donors (Lipinski definition) is 0. The molecule has 0 aliphatic carbocycles. The van der Waals surface area contributed by atoms with Crippen LogP contribution in [0.2, 0.25) is 0 Å². The summed E-state index contributed by atoms with van der Waals surface area (Å²) in [4.78, 5) is 27.1. The molecule has 2 fully saturated rings. The van der Waals surface area contributed by atoms with Crippen molar-refractivity contribution < 1.29 is 4.79 Å². The van der Waals surface area contributed by atoms with Crippen LogP contribution in [0.3, 0.4) is 0 Å². The zero-order valence-electron chi connectivity index (χ0n) is 19.4. The second-order valence-electron chi connectivity index (χ2n) is 9.41. The summed E-state index contributed by atoms with van der Waals surface area (Å²) in [6, 6.07) is 8.80. The highest BCUT2D eigenvalue weighted by atomic mass is 16.2. The molecule has 1 aromatic carbocycles. The third-order valence-electron chi connectivity index (χ3n) is 6.83. The van der Waals surface area contributed by atoms with E-state index in [-0.39, 0.29) is 5.91 Å². The lowest BCUT2D eigenvalue weighted by Crippen LogP contribution is -2.37. The summed E-state index contributed by atoms with van der Waals surface area (Å²) in [6.45, 7) is 11.2. The van der Waals surface area contributed by atoms with Crippen molar-refractivity contribution in [2.45, 2.75) is 71.8 Å². The Morgan fingerprint density at radius 2 is 1.74 bits per heavy atom. The molecule has 3 heterocycles. The Labute approximate surface area is 186 Å². The number of carbonyl (C=O) groups is 1. The first-order valence-corrected chi connectivity index (χ1v) is 11.9. The van der Waals surface area contributed by atoms with Gasteiger partial charge >= 0.3 is 0 Å². The van der Waals surface area contributed by atoms with Crippen LogP contribution < -0.4 is 0 Å². The smallest absolute Gasteiger partial charge is 0.227 e. The van der Waals surface area contributed by atoms with Crippen LogP contribution in [-0.4, -0.2) is 51.9 Å². The molecule has 5 nitrogen and oxygen atoms in total. The largest absolute Gasteiger partial charge is 0.342 e. The molecule has 1 amide bonds. The Balaban J connectivity index is 1.43. The number of likely N-dealkylation sites (tertiary alicyclic amines) is 2. The van der Waals surface area contributed by atoms with Crippen LogP contribution in [0.15, 0.2) is 24.3 Å². The van der Waals surface area contributed by atoms with Gasteiger partial charge in [0.15, 0.2) is 0 Å². The van der Waals surface area contributed by atoms with E-state index < -0.39 is 0 Å². The van der Waals surface area contributed by atoms with Crippen LogP contribution in [0.25, 0.3) is 0 Å². The van der Waals surface area contributed by atoms with E-state index >= 15 is 0 Å². The van der Waals surface area contributed by atoms with Gasteiger partial charge in [0.25, 0.3) is 0 Å². The van der Waals surface area contributed by atoms with Gasteiger partial charge in [-0.3, -0.25) is 9.69 Å². The highest BCUT2D eigenvalue weighted by molar-refractivity contribution is 5.79. The molecule has 0 radical (unpaired) electrons. The molecule has 1 aromatic heterocycles. The quantitative estimate of drug-likeness (QED) is 0.722. The number of rotatable bonds is 5. The van der Waals surface area contributed by atoms with E-state index in [9.17, 15) is 4.79 Å². The number of carbonyl (C=O) groups excluding carboxylic acids is 1. The van der Waals surface area contributed by atoms with Gasteiger partial charge in [0, 0.05) is 49.0 Å². The fourth-order valence-electron chi connectivity index (χ4n) is 5.09. The maximum absolute atomic E-state index is 12.8. The molecular formula is C26H36N4O. The predicted molar refractivity (Wildman–Crippen MR) is 124 cm³/mol. The van der Waals surface area contributed by atoms with Crippen LogP contribution >= 0.6 is 0 Å². The maximum Gasteiger partial charge on any atom is 0.227 e. The molecule has 0 bridgehead atoms. The molecule has 1 atom stereocenters. The molecule has 166 valence electrons. The van der Waals surface area contributed by atoms with Gasteiger partial charge in [0.05, 0.1) is 6.42 Å². The van der Waals surface area contributed by atoms with Gasteiger partial charge in [-0.25, -0.2) is 9.97 Å². The fraction of sp³-hybridized carbons (Fsp3) is 0.577. The van der Waals surface area contributed by atoms with Crippen LogP contribution in [-0.2, 0) is 17.8 Å². The number of aromatic nitrogens is 2. The van der Waals surface area contributed by atoms with Gasteiger partial charge in [-0.2, -0.15) is 0 Å². The number of benzene rings is 1. The van der Waals surface area contributed by atoms with Crippen molar-refractivity contribution in [1.82, 2.24) is 19.8 Å². The Kier molecular flexibility index (Phi) is 7.01. The SMILES string of the molecule is Cc1cccc(CN2CCCC(c3nc(C)c(CC(=O)N4CCCCC4)c(C)n3)C2)c1. The Morgan fingerprint density at radius 1 is 1.00 bits per heavy atom. The van der Waals surface area contributed by atoms with Gasteiger partial charge in [-0.15, -0.1) is 0 Å². The lowest BCUT2D eigenvalue weighted by atomic mass is 9.95. The number of piperidine rings is 2. The molecule has 5 heteroatoms. The summed E-state index contributed by atoms with van der Waals surface area (Å²) in [5, 5.41) is 0. The Morgan fingerprint density at radius 3 is 2.45 bits per heavy atom. The van der Waals surface area contributed by atoms with Crippen molar-refractivity contribution in [3.8, 4) is 0 Å². The monoisotopic (exact) mass is 420 g/mol. The van der Waals surface area contributed by atoms with E-state index in [1.54, 1.807) is 0 Å². The van der Waals surface area contributed by atoms with Crippen molar-refractivity contribution >= 4 is 5.91 Å². The minimum atomic E-state index is 0.226. The van der Waals surface area contributed by atoms with Crippen LogP contribution in [0.1, 0.15) is 71.9 Å². The average Bonchev–Trinajstić information content (AvgIpc) is 2.77. The molecule has 2 aliphatic rings. The lowest BCUT2D eigenvalue weighted by Gasteiger charge is -2.32. The molecule has 0 spiro atoms. The van der Waals surface area contributed by atoms with Gasteiger partial charge in [-0.05, 0) is 65.0 Å². The zero-order chi connectivity index (χ0) is 21.8. The summed E-state index contributed by atoms with van der Waals surface area (Å²) in [5.41, 5.74) is 5.66. The third kappa shape index (κ3) is 5.51. The summed E-state index contributed by atoms with van der Waals surface area (Å²) in [5.74, 6) is 1.55. The number of amides is 1. The van der Waals surface area contributed by atoms with E-state index in [0.29, 0.717) is 12.3 Å². The van der Waals surface area contributed by atoms with E-state index in [1.807, 2.05) is 18.7 Å². The standard InChI is InChI=1S/C26H36N4O/c1-19-9-7-10-22(15-19)17-29-12-8-11-23(18-29)26-27-20(2)24(21(3)28-26)16-25(31)30-13-5-4-6-14-30/h7,9-10,15,23H,4-6,8,11-14,16-18H2,1-3H3. The minimum absolute atomic E-state index is 0.226. The third-order valence-corrected chi connectivity index (χ3v) is 6.83. The molecule has 4 rings (SSSR count). The van der Waals surface area contributed by atoms with Gasteiger partial charge < -0.3 is 4.90 Å². The van der Waals surface area contributed by atoms with Gasteiger partial charge in [-0.1, -0.05) is 29.8 Å². The van der Waals surface area contributed by atoms with Crippen molar-refractivity contribution in [2.75, 3.05) is 26.2 Å². The fourth-order valence-corrected chi connectivity index (χ4v) is 5.09. The van der Waals surface area contributed by atoms with Crippen molar-refractivity contribution in [1.29, 1.82) is 0 Å². The highest BCUT2D eigenvalue weighted by Crippen LogP contribution is 2.27. The number of hydrogen-bond acceptors (Lipinski definition) is 4. The van der Waals surface area contributed by atoms with E-state index in [2.05, 4.69) is 36.1 Å². The highest BCUT2D eigenvalue weighted by Gasteiger charge is 2.26. The average molecular weight is 421 g/mol. The molecule has 0 N–H and O–H groups in total. The summed E-state index contributed by atoms with van der Waals surface area (Å²) < 4.78 is 0. The Bertz CT molecular complexity index is 896. The normalized spacial score (nSPS) is 20.1. The second kappa shape index (κ2) is 9.90. The summed E-state index contributed by atoms with van der Waals surface area (Å²) >= 11 is 0. The van der Waals surface area contributed by atoms with Gasteiger partial charge in [0.1, 0.15) is 5.82 Å². The molecule has 2 aliphatic heterocycles. The van der Waals surface area contributed by atoms with Crippen molar-refractivity contribution in [3.05, 3.63) is 58.2 Å². The minimum Gasteiger partial charge on any atom is -0.342 e. The Hall–Kier alpha value is -2.27. The second-order valence-corrected chi connectivity index (χ2v) is 9.41. The summed E-state index contributed by atoms with van der Waals surface area (Å²) in [7, 11) is 0. The molecule has 31 heavy (non-hydrogen) atoms. The topological polar surface area (TPSA) is 49.3 Å². The lowest BCUT2D eigenvalue weighted by molar-refractivity contribution is -0.131. The summed E-state index contributed by atoms with van der Waals surface area (Å²) in [6.07, 6.45) is 6.23. The van der Waals surface area contributed by atoms with Crippen LogP contribution in [0.4, 0.5) is 0 Å². The molecule has 1 unspecified atom stereocenters. The number of nitrogens with zero attached hydrogens (tertiary/aromatic N) is 4. The predicted octanol–water partition coefficient (Wildman–Crippen LogP) is 4.34. The van der Waals surface area contributed by atoms with Gasteiger partial charge in [0.2, 0.25) is 5.91 Å². The molecule has 0 saturated carbocycles. The van der Waals surface area contributed by atoms with E-state index in [0.717, 1.165) is 74.8 Å². The maximum atomic E-state index is 12.8. The van der Waals surface area contributed by atoms with E-state index in [4.69, 9.17) is 9.97 Å². The number of aryl methyl sites for hydroxylation is 3. The molecular weight excluding hydrogens is 384 g/mol. The first kappa shape index (κ1) is 21.9. The molecule has 2 saturated heterocycles. The molecule has 2 aromatic rings. The van der Waals surface area contributed by atoms with Crippen LogP contribution in [0, 0.1) is 20.8 Å². The van der Waals surface area contributed by atoms with Crippen molar-refractivity contribution in [2.24, 2.45) is 0 Å². The van der Waals surface area contributed by atoms with E-state index in [1.165, 1.54) is 24.0 Å². The zero-order valence-corrected chi connectivity index (χ0v) is 19.4.